The Morgan fingerprint density at radius 3 is 2.32 bits per heavy atom. The van der Waals surface area contributed by atoms with Crippen LogP contribution in [0.4, 0.5) is 0 Å². The molecule has 0 saturated carbocycles. The van der Waals surface area contributed by atoms with Gasteiger partial charge in [0.05, 0.1) is 0 Å². The summed E-state index contributed by atoms with van der Waals surface area (Å²) in [6.07, 6.45) is -0.492. The van der Waals surface area contributed by atoms with Crippen LogP contribution in [-0.4, -0.2) is 24.4 Å². The Balaban J connectivity index is 2.43. The topological polar surface area (TPSA) is 44.8 Å². The lowest BCUT2D eigenvalue weighted by molar-refractivity contribution is -0.259. The second-order valence-corrected chi connectivity index (χ2v) is 8.78. The first-order valence-electron chi connectivity index (χ1n) is 7.37. The molecule has 7 heteroatoms. The summed E-state index contributed by atoms with van der Waals surface area (Å²) in [5.74, 6) is 0. The number of halogens is 2. The van der Waals surface area contributed by atoms with Gasteiger partial charge in [-0.1, -0.05) is 43.1 Å². The fraction of sp³-hybridized carbons (Fsp3) is 0.600. The normalized spacial score (nSPS) is 28.1. The first-order valence-corrected chi connectivity index (χ1v) is 9.62. The van der Waals surface area contributed by atoms with Gasteiger partial charge in [0, 0.05) is 34.1 Å². The van der Waals surface area contributed by atoms with Crippen molar-refractivity contribution in [2.45, 2.75) is 33.8 Å². The lowest BCUT2D eigenvalue weighted by atomic mass is 9.83. The molecule has 1 heterocycles. The van der Waals surface area contributed by atoms with Gasteiger partial charge in [0.15, 0.2) is 0 Å². The van der Waals surface area contributed by atoms with E-state index in [9.17, 15) is 4.89 Å². The van der Waals surface area contributed by atoms with E-state index in [1.54, 1.807) is 22.9 Å². The summed E-state index contributed by atoms with van der Waals surface area (Å²) in [5.41, 5.74) is 0.280. The highest BCUT2D eigenvalue weighted by molar-refractivity contribution is 7.56. The van der Waals surface area contributed by atoms with E-state index in [2.05, 4.69) is 0 Å². The minimum atomic E-state index is -3.35. The molecule has 0 amide bonds. The van der Waals surface area contributed by atoms with Gasteiger partial charge in [0.25, 0.3) is 0 Å². The Hall–Kier alpha value is 0.0700. The Bertz CT molecular complexity index is 519. The lowest BCUT2D eigenvalue weighted by Gasteiger charge is -2.46. The molecule has 1 aromatic carbocycles. The molecule has 0 aliphatic carbocycles. The van der Waals surface area contributed by atoms with Gasteiger partial charge in [-0.15, -0.1) is 4.67 Å². The predicted octanol–water partition coefficient (Wildman–Crippen LogP) is 4.49. The first kappa shape index (κ1) is 18.4. The molecule has 2 rings (SSSR count). The fourth-order valence-electron chi connectivity index (χ4n) is 2.55. The van der Waals surface area contributed by atoms with Gasteiger partial charge >= 0.3 is 8.09 Å². The molecule has 0 N–H and O–H groups in total. The molecule has 0 bridgehead atoms. The van der Waals surface area contributed by atoms with Gasteiger partial charge < -0.3 is 4.89 Å². The van der Waals surface area contributed by atoms with E-state index >= 15 is 0 Å². The molecule has 4 nitrogen and oxygen atoms in total. The van der Waals surface area contributed by atoms with E-state index in [0.29, 0.717) is 35.3 Å². The maximum atomic E-state index is 13.1. The second kappa shape index (κ2) is 6.90. The molecule has 1 saturated heterocycles. The van der Waals surface area contributed by atoms with Crippen LogP contribution in [0, 0.1) is 5.41 Å². The highest BCUT2D eigenvalue weighted by atomic mass is 35.5. The van der Waals surface area contributed by atoms with E-state index in [1.807, 2.05) is 27.7 Å². The molecule has 1 aromatic rings. The third-order valence-corrected chi connectivity index (χ3v) is 6.74. The van der Waals surface area contributed by atoms with E-state index < -0.39 is 19.6 Å². The van der Waals surface area contributed by atoms with Crippen molar-refractivity contribution in [3.63, 3.8) is 0 Å². The number of rotatable bonds is 4. The summed E-state index contributed by atoms with van der Waals surface area (Å²) in [5, 5.41) is 1.03. The van der Waals surface area contributed by atoms with Crippen LogP contribution in [0.3, 0.4) is 0 Å². The van der Waals surface area contributed by atoms with Crippen LogP contribution in [-0.2, 0) is 9.05 Å². The van der Waals surface area contributed by atoms with Gasteiger partial charge in [-0.3, -0.25) is 0 Å². The molecular weight excluding hydrogens is 344 g/mol. The van der Waals surface area contributed by atoms with Gasteiger partial charge in [-0.2, -0.15) is 9.05 Å². The number of nitrogens with zero attached hydrogens (tertiary/aromatic N) is 1. The Labute approximate surface area is 142 Å². The number of hydrogen-bond acceptors (Lipinski definition) is 4. The molecule has 1 unspecified atom stereocenters. The summed E-state index contributed by atoms with van der Waals surface area (Å²) in [6.45, 7) is 9.30. The van der Waals surface area contributed by atoms with Crippen molar-refractivity contribution in [1.82, 2.24) is 4.67 Å². The largest absolute Gasteiger partial charge is 0.616 e. The molecule has 1 aliphatic rings. The molecule has 124 valence electrons. The van der Waals surface area contributed by atoms with Crippen molar-refractivity contribution in [2.75, 3.05) is 19.7 Å². The average Bonchev–Trinajstić information content (AvgIpc) is 2.44. The molecule has 0 spiro atoms. The maximum absolute atomic E-state index is 13.1. The smallest absolute Gasteiger partial charge is 0.315 e. The van der Waals surface area contributed by atoms with Crippen molar-refractivity contribution in [2.24, 2.45) is 5.41 Å². The van der Waals surface area contributed by atoms with Crippen molar-refractivity contribution in [3.05, 3.63) is 33.8 Å². The fourth-order valence-corrected chi connectivity index (χ4v) is 5.35. The molecule has 0 aromatic heterocycles. The van der Waals surface area contributed by atoms with Gasteiger partial charge in [0.1, 0.15) is 12.7 Å². The standard InChI is InChI=1S/C15H22Cl2NO3P/c1-5-18(6-2)22(19)20-10-15(3,4)14(21-22)13-11(16)8-7-9-12(13)17/h7-9,14H,5-6,10H2,1-4H3/t14-,22?/m0/s1. The Morgan fingerprint density at radius 1 is 1.27 bits per heavy atom. The minimum absolute atomic E-state index is 0.312. The van der Waals surface area contributed by atoms with Crippen LogP contribution in [0.5, 0.6) is 0 Å². The van der Waals surface area contributed by atoms with Crippen LogP contribution in [0.2, 0.25) is 10.0 Å². The number of hydrogen-bond donors (Lipinski definition) is 0. The minimum Gasteiger partial charge on any atom is -0.616 e. The summed E-state index contributed by atoms with van der Waals surface area (Å²) < 4.78 is 13.3. The zero-order valence-electron chi connectivity index (χ0n) is 13.3. The summed E-state index contributed by atoms with van der Waals surface area (Å²) in [6, 6.07) is 5.31. The number of benzene rings is 1. The quantitative estimate of drug-likeness (QED) is 0.737. The maximum Gasteiger partial charge on any atom is 0.315 e. The molecular formula is C15H22Cl2NO3P. The van der Waals surface area contributed by atoms with Gasteiger partial charge in [0.2, 0.25) is 0 Å². The molecule has 2 atom stereocenters. The van der Waals surface area contributed by atoms with Gasteiger partial charge in [-0.25, -0.2) is 0 Å². The zero-order chi connectivity index (χ0) is 16.5. The summed E-state index contributed by atoms with van der Waals surface area (Å²) in [7, 11) is -3.35. The van der Waals surface area contributed by atoms with E-state index in [0.717, 1.165) is 0 Å². The summed E-state index contributed by atoms with van der Waals surface area (Å²) in [4.78, 5) is 13.1. The predicted molar refractivity (Wildman–Crippen MR) is 89.9 cm³/mol. The molecule has 22 heavy (non-hydrogen) atoms. The van der Waals surface area contributed by atoms with Gasteiger partial charge in [-0.05, 0) is 26.0 Å². The second-order valence-electron chi connectivity index (χ2n) is 5.99. The van der Waals surface area contributed by atoms with Crippen LogP contribution in [0.1, 0.15) is 39.4 Å². The van der Waals surface area contributed by atoms with E-state index in [-0.39, 0.29) is 0 Å². The highest BCUT2D eigenvalue weighted by Crippen LogP contribution is 2.66. The third kappa shape index (κ3) is 3.44. The first-order chi connectivity index (χ1) is 10.2. The summed E-state index contributed by atoms with van der Waals surface area (Å²) >= 11 is 12.6. The van der Waals surface area contributed by atoms with Crippen molar-refractivity contribution in [1.29, 1.82) is 0 Å². The van der Waals surface area contributed by atoms with Crippen LogP contribution in [0.15, 0.2) is 18.2 Å². The van der Waals surface area contributed by atoms with E-state index in [1.165, 1.54) is 0 Å². The Morgan fingerprint density at radius 2 is 1.82 bits per heavy atom. The van der Waals surface area contributed by atoms with Crippen LogP contribution in [0.25, 0.3) is 0 Å². The van der Waals surface area contributed by atoms with Crippen LogP contribution < -0.4 is 4.89 Å². The zero-order valence-corrected chi connectivity index (χ0v) is 15.7. The molecule has 1 fully saturated rings. The lowest BCUT2D eigenvalue weighted by Crippen LogP contribution is -2.44. The van der Waals surface area contributed by atoms with Crippen molar-refractivity contribution in [3.8, 4) is 0 Å². The van der Waals surface area contributed by atoms with Crippen molar-refractivity contribution >= 4 is 31.3 Å². The molecule has 0 radical (unpaired) electrons. The van der Waals surface area contributed by atoms with Crippen molar-refractivity contribution < 1.29 is 13.9 Å². The monoisotopic (exact) mass is 365 g/mol. The Kier molecular flexibility index (Phi) is 5.77. The molecule has 1 aliphatic heterocycles. The average molecular weight is 366 g/mol. The SMILES string of the molecule is CCN(CC)[P+]1([O-])OCC(C)(C)[C@H](c2c(Cl)cccc2Cl)O1. The van der Waals surface area contributed by atoms with E-state index in [4.69, 9.17) is 32.2 Å². The highest BCUT2D eigenvalue weighted by Gasteiger charge is 2.52. The third-order valence-electron chi connectivity index (χ3n) is 3.89. The van der Waals surface area contributed by atoms with Crippen LogP contribution >= 0.6 is 31.3 Å².